The van der Waals surface area contributed by atoms with E-state index in [0.29, 0.717) is 49.3 Å². The SMILES string of the molecule is COC(=O)CCCCN1C(=O)[C@@]2(O[C@@H](CC(=O)N3Cc4ccccc4C[C@H]3CO)[C@H]([Si](C)(C)O)[C@H]2C)c2cc(NC(=O)[C@H](C)O)ccc21. The van der Waals surface area contributed by atoms with Gasteiger partial charge in [-0.2, -0.15) is 0 Å². The van der Waals surface area contributed by atoms with Gasteiger partial charge in [0, 0.05) is 42.2 Å². The van der Waals surface area contributed by atoms with Crippen molar-refractivity contribution in [2.75, 3.05) is 30.5 Å². The molecule has 6 atom stereocenters. The van der Waals surface area contributed by atoms with Gasteiger partial charge in [0.2, 0.25) is 5.91 Å². The van der Waals surface area contributed by atoms with Gasteiger partial charge in [-0.15, -0.1) is 0 Å². The number of amides is 3. The number of aliphatic hydroxyl groups is 2. The molecule has 12 nitrogen and oxygen atoms in total. The van der Waals surface area contributed by atoms with Gasteiger partial charge in [-0.1, -0.05) is 31.2 Å². The maximum Gasteiger partial charge on any atom is 0.305 e. The van der Waals surface area contributed by atoms with E-state index in [4.69, 9.17) is 9.47 Å². The van der Waals surface area contributed by atoms with Crippen molar-refractivity contribution >= 4 is 43.4 Å². The fourth-order valence-corrected chi connectivity index (χ4v) is 10.4. The van der Waals surface area contributed by atoms with Crippen LogP contribution >= 0.6 is 0 Å². The number of carbonyl (C=O) groups is 4. The fraction of sp³-hybridized carbons (Fsp3) is 0.543. The van der Waals surface area contributed by atoms with Crippen LogP contribution in [-0.2, 0) is 47.2 Å². The molecule has 1 spiro atoms. The molecule has 260 valence electrons. The van der Waals surface area contributed by atoms with Gasteiger partial charge in [-0.05, 0) is 68.6 Å². The summed E-state index contributed by atoms with van der Waals surface area (Å²) in [7, 11) is -1.76. The number of hydrogen-bond acceptors (Lipinski definition) is 9. The number of methoxy groups -OCH3 is 1. The number of anilines is 2. The summed E-state index contributed by atoms with van der Waals surface area (Å²) < 4.78 is 11.6. The Labute approximate surface area is 282 Å². The molecule has 1 saturated heterocycles. The van der Waals surface area contributed by atoms with Gasteiger partial charge in [0.05, 0.1) is 38.0 Å². The predicted octanol–water partition coefficient (Wildman–Crippen LogP) is 2.83. The van der Waals surface area contributed by atoms with Crippen LogP contribution in [0.15, 0.2) is 42.5 Å². The van der Waals surface area contributed by atoms with Gasteiger partial charge in [0.15, 0.2) is 13.9 Å². The van der Waals surface area contributed by atoms with E-state index in [2.05, 4.69) is 5.32 Å². The molecule has 4 N–H and O–H groups in total. The van der Waals surface area contributed by atoms with Gasteiger partial charge in [-0.3, -0.25) is 19.2 Å². The quantitative estimate of drug-likeness (QED) is 0.159. The third-order valence-corrected chi connectivity index (χ3v) is 12.6. The number of rotatable bonds is 11. The van der Waals surface area contributed by atoms with E-state index in [9.17, 15) is 34.2 Å². The second-order valence-corrected chi connectivity index (χ2v) is 17.8. The lowest BCUT2D eigenvalue weighted by molar-refractivity contribution is -0.151. The third kappa shape index (κ3) is 6.66. The molecule has 0 saturated carbocycles. The van der Waals surface area contributed by atoms with Crippen molar-refractivity contribution in [3.05, 3.63) is 59.2 Å². The lowest BCUT2D eigenvalue weighted by Crippen LogP contribution is -2.48. The Kier molecular flexibility index (Phi) is 10.5. The number of benzene rings is 2. The molecular formula is C35H47N3O9Si. The second kappa shape index (κ2) is 14.1. The van der Waals surface area contributed by atoms with Crippen molar-refractivity contribution < 1.29 is 43.7 Å². The maximum atomic E-state index is 14.7. The van der Waals surface area contributed by atoms with Crippen molar-refractivity contribution in [1.29, 1.82) is 0 Å². The molecule has 48 heavy (non-hydrogen) atoms. The van der Waals surface area contributed by atoms with Gasteiger partial charge in [0.1, 0.15) is 6.10 Å². The van der Waals surface area contributed by atoms with Crippen LogP contribution in [0.4, 0.5) is 11.4 Å². The first-order valence-corrected chi connectivity index (χ1v) is 19.6. The predicted molar refractivity (Wildman–Crippen MR) is 180 cm³/mol. The summed E-state index contributed by atoms with van der Waals surface area (Å²) >= 11 is 0. The summed E-state index contributed by atoms with van der Waals surface area (Å²) in [5.41, 5.74) is 1.48. The van der Waals surface area contributed by atoms with Crippen molar-refractivity contribution in [1.82, 2.24) is 4.90 Å². The van der Waals surface area contributed by atoms with Crippen LogP contribution in [0.25, 0.3) is 0 Å². The molecule has 13 heteroatoms. The van der Waals surface area contributed by atoms with E-state index < -0.39 is 49.5 Å². The van der Waals surface area contributed by atoms with E-state index in [1.165, 1.54) is 14.0 Å². The average molecular weight is 682 g/mol. The molecule has 0 unspecified atom stereocenters. The van der Waals surface area contributed by atoms with E-state index in [0.717, 1.165) is 11.1 Å². The molecule has 5 rings (SSSR count). The van der Waals surface area contributed by atoms with Crippen molar-refractivity contribution in [3.8, 4) is 0 Å². The summed E-state index contributed by atoms with van der Waals surface area (Å²) in [4.78, 5) is 67.8. The standard InChI is InChI=1S/C35H47N3O9Si/c1-21-32(48(4,5)45)29(18-30(41)38-19-24-11-7-6-10-23(24)16-26(38)20-39)47-35(21)27-17-25(36-33(43)22(2)40)13-14-28(27)37(34(35)44)15-9-8-12-31(42)46-3/h6-7,10-11,13-14,17,21-22,26,29,32,39-40,45H,8-9,12,15-16,18-20H2,1-5H3,(H,36,43)/t21-,22+,26+,29+,32-,35+/m1/s1. The Morgan fingerprint density at radius 1 is 1.15 bits per heavy atom. The van der Waals surface area contributed by atoms with Crippen LogP contribution in [0, 0.1) is 5.92 Å². The highest BCUT2D eigenvalue weighted by molar-refractivity contribution is 6.71. The highest BCUT2D eigenvalue weighted by Crippen LogP contribution is 2.60. The Bertz CT molecular complexity index is 1560. The highest BCUT2D eigenvalue weighted by atomic mass is 28.4. The van der Waals surface area contributed by atoms with Crippen molar-refractivity contribution in [3.63, 3.8) is 0 Å². The summed E-state index contributed by atoms with van der Waals surface area (Å²) in [5.74, 6) is -2.06. The molecular weight excluding hydrogens is 634 g/mol. The topological polar surface area (TPSA) is 166 Å². The molecule has 0 radical (unpaired) electrons. The number of ether oxygens (including phenoxy) is 2. The molecule has 2 aromatic rings. The zero-order chi connectivity index (χ0) is 35.0. The van der Waals surface area contributed by atoms with Crippen LogP contribution in [0.5, 0.6) is 0 Å². The third-order valence-electron chi connectivity index (χ3n) is 10.1. The number of esters is 1. The normalized spacial score (nSPS) is 25.5. The van der Waals surface area contributed by atoms with E-state index in [-0.39, 0.29) is 37.2 Å². The minimum Gasteiger partial charge on any atom is -0.469 e. The van der Waals surface area contributed by atoms with Crippen LogP contribution < -0.4 is 10.2 Å². The van der Waals surface area contributed by atoms with E-state index in [1.807, 2.05) is 31.2 Å². The highest BCUT2D eigenvalue weighted by Gasteiger charge is 2.66. The van der Waals surface area contributed by atoms with Crippen LogP contribution in [0.3, 0.4) is 0 Å². The number of hydrogen-bond donors (Lipinski definition) is 4. The Hall–Kier alpha value is -3.62. The molecule has 1 fully saturated rings. The van der Waals surface area contributed by atoms with Gasteiger partial charge < -0.3 is 39.6 Å². The first kappa shape index (κ1) is 35.7. The van der Waals surface area contributed by atoms with E-state index >= 15 is 0 Å². The minimum atomic E-state index is -3.09. The molecule has 3 amide bonds. The molecule has 0 aliphatic carbocycles. The smallest absolute Gasteiger partial charge is 0.305 e. The Morgan fingerprint density at radius 2 is 1.85 bits per heavy atom. The molecule has 0 bridgehead atoms. The van der Waals surface area contributed by atoms with Crippen LogP contribution in [0.1, 0.15) is 56.2 Å². The summed E-state index contributed by atoms with van der Waals surface area (Å²) in [6.45, 7) is 7.22. The largest absolute Gasteiger partial charge is 0.469 e. The summed E-state index contributed by atoms with van der Waals surface area (Å²) in [6, 6.07) is 12.5. The number of unbranched alkanes of at least 4 members (excludes halogenated alkanes) is 1. The molecule has 3 aliphatic rings. The average Bonchev–Trinajstić information content (AvgIpc) is 3.47. The summed E-state index contributed by atoms with van der Waals surface area (Å²) in [5, 5.41) is 22.7. The molecule has 0 aromatic heterocycles. The second-order valence-electron chi connectivity index (χ2n) is 13.8. The minimum absolute atomic E-state index is 0.0907. The lowest BCUT2D eigenvalue weighted by Gasteiger charge is -2.37. The monoisotopic (exact) mass is 681 g/mol. The lowest BCUT2D eigenvalue weighted by atomic mass is 9.82. The number of aliphatic hydroxyl groups excluding tert-OH is 2. The fourth-order valence-electron chi connectivity index (χ4n) is 7.80. The van der Waals surface area contributed by atoms with Gasteiger partial charge in [0.25, 0.3) is 11.8 Å². The van der Waals surface area contributed by atoms with Crippen molar-refractivity contribution in [2.24, 2.45) is 5.92 Å². The van der Waals surface area contributed by atoms with Crippen LogP contribution in [0.2, 0.25) is 18.6 Å². The zero-order valence-electron chi connectivity index (χ0n) is 28.3. The molecule has 2 aromatic carbocycles. The van der Waals surface area contributed by atoms with Gasteiger partial charge in [-0.25, -0.2) is 0 Å². The van der Waals surface area contributed by atoms with E-state index in [1.54, 1.807) is 41.1 Å². The first-order chi connectivity index (χ1) is 22.7. The maximum absolute atomic E-state index is 14.7. The Morgan fingerprint density at radius 3 is 2.50 bits per heavy atom. The van der Waals surface area contributed by atoms with Crippen LogP contribution in [-0.4, -0.2) is 90.4 Å². The zero-order valence-corrected chi connectivity index (χ0v) is 29.3. The Balaban J connectivity index is 1.50. The summed E-state index contributed by atoms with van der Waals surface area (Å²) in [6.07, 6.45) is -0.414. The number of carbonyl (C=O) groups excluding carboxylic acids is 4. The number of fused-ring (bicyclic) bond motifs is 3. The number of nitrogens with one attached hydrogen (secondary N) is 1. The molecule has 3 heterocycles. The van der Waals surface area contributed by atoms with Gasteiger partial charge >= 0.3 is 5.97 Å². The first-order valence-electron chi connectivity index (χ1n) is 16.6. The van der Waals surface area contributed by atoms with Crippen molar-refractivity contribution in [2.45, 2.75) is 95.0 Å². The number of nitrogens with zero attached hydrogens (tertiary/aromatic N) is 2. The molecule has 3 aliphatic heterocycles.